The topological polar surface area (TPSA) is 67.0 Å². The van der Waals surface area contributed by atoms with Crippen LogP contribution in [0.25, 0.3) is 0 Å². The highest BCUT2D eigenvalue weighted by Crippen LogP contribution is 2.21. The van der Waals surface area contributed by atoms with Crippen LogP contribution in [0, 0.1) is 5.82 Å². The Hall–Kier alpha value is -1.89. The number of aryl methyl sites for hydroxylation is 1. The van der Waals surface area contributed by atoms with Crippen LogP contribution < -0.4 is 10.1 Å². The first-order valence-corrected chi connectivity index (χ1v) is 7.29. The number of hydrogen-bond donors (Lipinski definition) is 2. The highest BCUT2D eigenvalue weighted by Gasteiger charge is 2.09. The Bertz CT molecular complexity index is 630. The highest BCUT2D eigenvalue weighted by molar-refractivity contribution is 9.10. The van der Waals surface area contributed by atoms with Crippen molar-refractivity contribution in [1.29, 1.82) is 0 Å². The summed E-state index contributed by atoms with van der Waals surface area (Å²) in [6.07, 6.45) is 1.85. The van der Waals surface area contributed by atoms with Crippen molar-refractivity contribution in [2.24, 2.45) is 0 Å². The van der Waals surface area contributed by atoms with E-state index in [0.29, 0.717) is 10.3 Å². The maximum Gasteiger partial charge on any atom is 0.263 e. The summed E-state index contributed by atoms with van der Waals surface area (Å²) >= 11 is 3.15. The molecule has 112 valence electrons. The first kappa shape index (κ1) is 15.5. The lowest BCUT2D eigenvalue weighted by atomic mass is 10.2. The van der Waals surface area contributed by atoms with Gasteiger partial charge in [-0.05, 0) is 24.6 Å². The minimum absolute atomic E-state index is 0.0297. The number of halogens is 2. The third-order valence-electron chi connectivity index (χ3n) is 2.67. The number of carbonyl (C=O) groups is 1. The molecule has 0 radical (unpaired) electrons. The van der Waals surface area contributed by atoms with Crippen molar-refractivity contribution in [2.75, 3.05) is 11.9 Å². The third kappa shape index (κ3) is 4.56. The summed E-state index contributed by atoms with van der Waals surface area (Å²) in [7, 11) is 0. The summed E-state index contributed by atoms with van der Waals surface area (Å²) < 4.78 is 19.3. The summed E-state index contributed by atoms with van der Waals surface area (Å²) in [5, 5.41) is 9.38. The van der Waals surface area contributed by atoms with E-state index in [-0.39, 0.29) is 12.4 Å². The third-order valence-corrected chi connectivity index (χ3v) is 3.16. The number of rotatable bonds is 6. The number of aromatic amines is 1. The molecule has 1 aromatic carbocycles. The standard InChI is InChI=1S/C14H15BrFN3O2/c1-2-3-10-7-13(19-18-10)17-14(20)8-21-12-5-4-9(15)6-11(12)16/h4-7H,2-3,8H2,1H3,(H2,17,18,19,20). The molecule has 0 aliphatic heterocycles. The number of anilines is 1. The minimum Gasteiger partial charge on any atom is -0.481 e. The number of nitrogens with one attached hydrogen (secondary N) is 2. The van der Waals surface area contributed by atoms with E-state index in [9.17, 15) is 9.18 Å². The molecule has 0 aliphatic rings. The Labute approximate surface area is 130 Å². The molecule has 0 aliphatic carbocycles. The lowest BCUT2D eigenvalue weighted by Crippen LogP contribution is -2.20. The molecule has 2 N–H and O–H groups in total. The highest BCUT2D eigenvalue weighted by atomic mass is 79.9. The molecule has 0 saturated carbocycles. The van der Waals surface area contributed by atoms with Crippen molar-refractivity contribution in [2.45, 2.75) is 19.8 Å². The van der Waals surface area contributed by atoms with Gasteiger partial charge in [0, 0.05) is 16.2 Å². The smallest absolute Gasteiger partial charge is 0.263 e. The Morgan fingerprint density at radius 2 is 2.29 bits per heavy atom. The molecule has 1 amide bonds. The zero-order chi connectivity index (χ0) is 15.2. The van der Waals surface area contributed by atoms with E-state index in [1.165, 1.54) is 12.1 Å². The number of hydrogen-bond acceptors (Lipinski definition) is 3. The SMILES string of the molecule is CCCc1cc(NC(=O)COc2ccc(Br)cc2F)n[nH]1. The van der Waals surface area contributed by atoms with Gasteiger partial charge in [-0.15, -0.1) is 0 Å². The van der Waals surface area contributed by atoms with Crippen LogP contribution in [0.3, 0.4) is 0 Å². The predicted molar refractivity (Wildman–Crippen MR) is 80.8 cm³/mol. The van der Waals surface area contributed by atoms with Crippen LogP contribution in [0.4, 0.5) is 10.2 Å². The predicted octanol–water partition coefficient (Wildman–Crippen LogP) is 3.28. The van der Waals surface area contributed by atoms with Gasteiger partial charge in [0.1, 0.15) is 0 Å². The molecule has 1 heterocycles. The first-order valence-electron chi connectivity index (χ1n) is 6.50. The van der Waals surface area contributed by atoms with Crippen LogP contribution in [0.2, 0.25) is 0 Å². The monoisotopic (exact) mass is 355 g/mol. The molecule has 2 aromatic rings. The minimum atomic E-state index is -0.526. The average molecular weight is 356 g/mol. The van der Waals surface area contributed by atoms with Crippen molar-refractivity contribution in [3.05, 3.63) is 40.2 Å². The van der Waals surface area contributed by atoms with E-state index in [1.807, 2.05) is 0 Å². The molecule has 0 fully saturated rings. The van der Waals surface area contributed by atoms with Crippen molar-refractivity contribution in [1.82, 2.24) is 10.2 Å². The van der Waals surface area contributed by atoms with E-state index in [4.69, 9.17) is 4.74 Å². The maximum absolute atomic E-state index is 13.5. The van der Waals surface area contributed by atoms with Gasteiger partial charge >= 0.3 is 0 Å². The molecule has 1 aromatic heterocycles. The second kappa shape index (κ2) is 7.21. The lowest BCUT2D eigenvalue weighted by Gasteiger charge is -2.07. The number of benzene rings is 1. The van der Waals surface area contributed by atoms with Crippen molar-refractivity contribution in [3.63, 3.8) is 0 Å². The second-order valence-electron chi connectivity index (χ2n) is 4.44. The Kier molecular flexibility index (Phi) is 5.32. The fraction of sp³-hybridized carbons (Fsp3) is 0.286. The van der Waals surface area contributed by atoms with E-state index < -0.39 is 11.7 Å². The van der Waals surface area contributed by atoms with Crippen molar-refractivity contribution in [3.8, 4) is 5.75 Å². The van der Waals surface area contributed by atoms with Gasteiger partial charge in [-0.3, -0.25) is 9.89 Å². The summed E-state index contributed by atoms with van der Waals surface area (Å²) in [4.78, 5) is 11.7. The van der Waals surface area contributed by atoms with Crippen LogP contribution in [-0.2, 0) is 11.2 Å². The molecule has 0 atom stereocenters. The molecule has 0 unspecified atom stereocenters. The van der Waals surface area contributed by atoms with Gasteiger partial charge in [0.2, 0.25) is 0 Å². The molecule has 5 nitrogen and oxygen atoms in total. The quantitative estimate of drug-likeness (QED) is 0.835. The number of ether oxygens (including phenoxy) is 1. The molecular weight excluding hydrogens is 341 g/mol. The maximum atomic E-state index is 13.5. The average Bonchev–Trinajstić information content (AvgIpc) is 2.85. The second-order valence-corrected chi connectivity index (χ2v) is 5.36. The van der Waals surface area contributed by atoms with Gasteiger partial charge in [0.15, 0.2) is 24.0 Å². The number of nitrogens with zero attached hydrogens (tertiary/aromatic N) is 1. The van der Waals surface area contributed by atoms with Crippen LogP contribution in [0.5, 0.6) is 5.75 Å². The van der Waals surface area contributed by atoms with E-state index in [0.717, 1.165) is 18.5 Å². The summed E-state index contributed by atoms with van der Waals surface area (Å²) in [5.41, 5.74) is 0.952. The zero-order valence-corrected chi connectivity index (χ0v) is 13.0. The number of amides is 1. The summed E-state index contributed by atoms with van der Waals surface area (Å²) in [6.45, 7) is 1.77. The van der Waals surface area contributed by atoms with Gasteiger partial charge in [0.05, 0.1) is 0 Å². The molecule has 2 rings (SSSR count). The fourth-order valence-corrected chi connectivity index (χ4v) is 2.07. The van der Waals surface area contributed by atoms with Crippen LogP contribution in [0.1, 0.15) is 19.0 Å². The van der Waals surface area contributed by atoms with E-state index in [2.05, 4.69) is 38.4 Å². The molecule has 0 bridgehead atoms. The zero-order valence-electron chi connectivity index (χ0n) is 11.5. The normalized spacial score (nSPS) is 10.4. The van der Waals surface area contributed by atoms with Crippen LogP contribution >= 0.6 is 15.9 Å². The van der Waals surface area contributed by atoms with Crippen molar-refractivity contribution < 1.29 is 13.9 Å². The van der Waals surface area contributed by atoms with Crippen LogP contribution in [0.15, 0.2) is 28.7 Å². The molecule has 7 heteroatoms. The van der Waals surface area contributed by atoms with Gasteiger partial charge < -0.3 is 10.1 Å². The molecular formula is C14H15BrFN3O2. The fourth-order valence-electron chi connectivity index (χ4n) is 1.74. The van der Waals surface area contributed by atoms with Gasteiger partial charge in [-0.2, -0.15) is 5.10 Å². The van der Waals surface area contributed by atoms with E-state index in [1.54, 1.807) is 12.1 Å². The molecule has 0 spiro atoms. The molecule has 21 heavy (non-hydrogen) atoms. The Morgan fingerprint density at radius 1 is 1.48 bits per heavy atom. The van der Waals surface area contributed by atoms with Gasteiger partial charge in [-0.25, -0.2) is 4.39 Å². The number of H-pyrrole nitrogens is 1. The number of carbonyl (C=O) groups excluding carboxylic acids is 1. The Morgan fingerprint density at radius 3 is 3.00 bits per heavy atom. The van der Waals surface area contributed by atoms with Crippen LogP contribution in [-0.4, -0.2) is 22.7 Å². The van der Waals surface area contributed by atoms with Gasteiger partial charge in [-0.1, -0.05) is 29.3 Å². The number of aromatic nitrogens is 2. The molecule has 0 saturated heterocycles. The summed E-state index contributed by atoms with van der Waals surface area (Å²) in [5.74, 6) is -0.459. The lowest BCUT2D eigenvalue weighted by molar-refractivity contribution is -0.118. The van der Waals surface area contributed by atoms with Crippen molar-refractivity contribution >= 4 is 27.7 Å². The first-order chi connectivity index (χ1) is 10.1. The van der Waals surface area contributed by atoms with E-state index >= 15 is 0 Å². The largest absolute Gasteiger partial charge is 0.481 e. The Balaban J connectivity index is 1.86. The summed E-state index contributed by atoms with van der Waals surface area (Å²) in [6, 6.07) is 6.14. The van der Waals surface area contributed by atoms with Gasteiger partial charge in [0.25, 0.3) is 5.91 Å².